The molecule has 0 saturated carbocycles. The van der Waals surface area contributed by atoms with E-state index in [0.717, 1.165) is 5.56 Å². The summed E-state index contributed by atoms with van der Waals surface area (Å²) in [5, 5.41) is 11.9. The average molecular weight is 179 g/mol. The van der Waals surface area contributed by atoms with Gasteiger partial charge >= 0.3 is 0 Å². The van der Waals surface area contributed by atoms with Crippen LogP contribution in [0.5, 0.6) is 5.75 Å². The summed E-state index contributed by atoms with van der Waals surface area (Å²) >= 11 is 0. The van der Waals surface area contributed by atoms with Crippen LogP contribution in [0.3, 0.4) is 0 Å². The normalized spacial score (nSPS) is 9.92. The second-order valence-corrected chi connectivity index (χ2v) is 2.92. The first-order valence-corrected chi connectivity index (χ1v) is 4.16. The number of aromatic hydroxyl groups is 1. The summed E-state index contributed by atoms with van der Waals surface area (Å²) in [5.74, 6) is 0.322. The zero-order chi connectivity index (χ0) is 9.68. The van der Waals surface area contributed by atoms with Crippen LogP contribution in [-0.2, 0) is 11.2 Å². The van der Waals surface area contributed by atoms with Gasteiger partial charge in [0.2, 0.25) is 0 Å². The number of hydrogen-bond donors (Lipinski definition) is 2. The highest BCUT2D eigenvalue weighted by Crippen LogP contribution is 2.11. The quantitative estimate of drug-likeness (QED) is 0.716. The zero-order valence-electron chi connectivity index (χ0n) is 7.58. The number of ketones is 1. The standard InChI is InChI=1S/C10H13NO2/c1-11-7-10(13)6-8-3-2-4-9(12)5-8/h2-5,11-12H,6-7H2,1H3. The minimum Gasteiger partial charge on any atom is -0.508 e. The van der Waals surface area contributed by atoms with Gasteiger partial charge < -0.3 is 10.4 Å². The maximum atomic E-state index is 11.2. The minimum absolute atomic E-state index is 0.119. The van der Waals surface area contributed by atoms with Crippen molar-refractivity contribution in [2.45, 2.75) is 6.42 Å². The van der Waals surface area contributed by atoms with Crippen molar-refractivity contribution < 1.29 is 9.90 Å². The molecule has 0 unspecified atom stereocenters. The van der Waals surface area contributed by atoms with Gasteiger partial charge in [0.05, 0.1) is 6.54 Å². The van der Waals surface area contributed by atoms with Crippen LogP contribution >= 0.6 is 0 Å². The number of benzene rings is 1. The van der Waals surface area contributed by atoms with Crippen LogP contribution in [0.25, 0.3) is 0 Å². The molecule has 0 bridgehead atoms. The van der Waals surface area contributed by atoms with Gasteiger partial charge in [0.25, 0.3) is 0 Å². The van der Waals surface area contributed by atoms with Crippen molar-refractivity contribution in [1.82, 2.24) is 5.32 Å². The van der Waals surface area contributed by atoms with Crippen LogP contribution in [-0.4, -0.2) is 24.5 Å². The molecule has 0 aromatic heterocycles. The van der Waals surface area contributed by atoms with Gasteiger partial charge in [-0.3, -0.25) is 4.79 Å². The van der Waals surface area contributed by atoms with Crippen LogP contribution in [0, 0.1) is 0 Å². The van der Waals surface area contributed by atoms with E-state index in [1.165, 1.54) is 0 Å². The predicted octanol–water partition coefficient (Wildman–Crippen LogP) is 0.723. The van der Waals surface area contributed by atoms with E-state index in [0.29, 0.717) is 13.0 Å². The third-order valence-electron chi connectivity index (χ3n) is 1.69. The van der Waals surface area contributed by atoms with Crippen molar-refractivity contribution in [3.8, 4) is 5.75 Å². The van der Waals surface area contributed by atoms with Gasteiger partial charge in [-0.1, -0.05) is 12.1 Å². The molecule has 0 spiro atoms. The van der Waals surface area contributed by atoms with Crippen molar-refractivity contribution in [2.24, 2.45) is 0 Å². The third kappa shape index (κ3) is 3.25. The number of carbonyl (C=O) groups excluding carboxylic acids is 1. The highest BCUT2D eigenvalue weighted by Gasteiger charge is 2.02. The SMILES string of the molecule is CNCC(=O)Cc1cccc(O)c1. The van der Waals surface area contributed by atoms with Crippen LogP contribution in [0.15, 0.2) is 24.3 Å². The Balaban J connectivity index is 2.58. The fraction of sp³-hybridized carbons (Fsp3) is 0.300. The van der Waals surface area contributed by atoms with E-state index in [4.69, 9.17) is 5.11 Å². The third-order valence-corrected chi connectivity index (χ3v) is 1.69. The van der Waals surface area contributed by atoms with Crippen molar-refractivity contribution in [2.75, 3.05) is 13.6 Å². The molecular weight excluding hydrogens is 166 g/mol. The number of nitrogens with one attached hydrogen (secondary N) is 1. The lowest BCUT2D eigenvalue weighted by Gasteiger charge is -2.00. The second kappa shape index (κ2) is 4.62. The smallest absolute Gasteiger partial charge is 0.150 e. The largest absolute Gasteiger partial charge is 0.508 e. The fourth-order valence-electron chi connectivity index (χ4n) is 1.15. The lowest BCUT2D eigenvalue weighted by Crippen LogP contribution is -2.20. The number of phenolic OH excluding ortho intramolecular Hbond substituents is 1. The first-order valence-electron chi connectivity index (χ1n) is 4.16. The molecule has 1 aromatic carbocycles. The number of likely N-dealkylation sites (N-methyl/N-ethyl adjacent to an activating group) is 1. The second-order valence-electron chi connectivity index (χ2n) is 2.92. The highest BCUT2D eigenvalue weighted by atomic mass is 16.3. The average Bonchev–Trinajstić information content (AvgIpc) is 2.04. The molecule has 0 fully saturated rings. The van der Waals surface area contributed by atoms with Crippen LogP contribution in [0.4, 0.5) is 0 Å². The summed E-state index contributed by atoms with van der Waals surface area (Å²) in [6.07, 6.45) is 0.370. The monoisotopic (exact) mass is 179 g/mol. The Bertz CT molecular complexity index is 297. The van der Waals surface area contributed by atoms with Crippen molar-refractivity contribution in [3.05, 3.63) is 29.8 Å². The van der Waals surface area contributed by atoms with E-state index >= 15 is 0 Å². The van der Waals surface area contributed by atoms with Crippen molar-refractivity contribution in [3.63, 3.8) is 0 Å². The molecule has 2 N–H and O–H groups in total. The number of carbonyl (C=O) groups is 1. The van der Waals surface area contributed by atoms with E-state index in [1.807, 2.05) is 6.07 Å². The van der Waals surface area contributed by atoms with Gasteiger partial charge in [0.15, 0.2) is 5.78 Å². The topological polar surface area (TPSA) is 49.3 Å². The highest BCUT2D eigenvalue weighted by molar-refractivity contribution is 5.82. The summed E-state index contributed by atoms with van der Waals surface area (Å²) in [4.78, 5) is 11.2. The van der Waals surface area contributed by atoms with E-state index < -0.39 is 0 Å². The Kier molecular flexibility index (Phi) is 3.46. The van der Waals surface area contributed by atoms with Crippen LogP contribution in [0.1, 0.15) is 5.56 Å². The van der Waals surface area contributed by atoms with Crippen LogP contribution < -0.4 is 5.32 Å². The molecule has 0 heterocycles. The molecule has 70 valence electrons. The summed E-state index contributed by atoms with van der Waals surface area (Å²) < 4.78 is 0. The van der Waals surface area contributed by atoms with Crippen LogP contribution in [0.2, 0.25) is 0 Å². The van der Waals surface area contributed by atoms with Gasteiger partial charge in [0.1, 0.15) is 5.75 Å². The Morgan fingerprint density at radius 1 is 1.54 bits per heavy atom. The van der Waals surface area contributed by atoms with Crippen molar-refractivity contribution >= 4 is 5.78 Å². The van der Waals surface area contributed by atoms with E-state index in [9.17, 15) is 4.79 Å². The summed E-state index contributed by atoms with van der Waals surface area (Å²) in [6, 6.07) is 6.75. The number of rotatable bonds is 4. The minimum atomic E-state index is 0.119. The van der Waals surface area contributed by atoms with Crippen molar-refractivity contribution in [1.29, 1.82) is 0 Å². The molecule has 0 amide bonds. The summed E-state index contributed by atoms with van der Waals surface area (Å²) in [5.41, 5.74) is 0.847. The van der Waals surface area contributed by atoms with Gasteiger partial charge in [-0.05, 0) is 24.7 Å². The van der Waals surface area contributed by atoms with E-state index in [-0.39, 0.29) is 11.5 Å². The van der Waals surface area contributed by atoms with E-state index in [1.54, 1.807) is 25.2 Å². The molecule has 0 aliphatic carbocycles. The zero-order valence-corrected chi connectivity index (χ0v) is 7.58. The number of Topliss-reactive ketones (excluding diaryl/α,β-unsaturated/α-hetero) is 1. The van der Waals surface area contributed by atoms with Gasteiger partial charge in [-0.25, -0.2) is 0 Å². The summed E-state index contributed by atoms with van der Waals surface area (Å²) in [7, 11) is 1.74. The Labute approximate surface area is 77.4 Å². The number of hydrogen-bond acceptors (Lipinski definition) is 3. The molecule has 0 atom stereocenters. The molecule has 0 aliphatic heterocycles. The molecular formula is C10H13NO2. The van der Waals surface area contributed by atoms with Gasteiger partial charge in [-0.15, -0.1) is 0 Å². The molecule has 0 saturated heterocycles. The summed E-state index contributed by atoms with van der Waals surface area (Å²) in [6.45, 7) is 0.371. The molecule has 3 heteroatoms. The van der Waals surface area contributed by atoms with Gasteiger partial charge in [-0.2, -0.15) is 0 Å². The molecule has 0 radical (unpaired) electrons. The van der Waals surface area contributed by atoms with E-state index in [2.05, 4.69) is 5.32 Å². The Morgan fingerprint density at radius 2 is 2.31 bits per heavy atom. The van der Waals surface area contributed by atoms with Gasteiger partial charge in [0, 0.05) is 6.42 Å². The molecule has 13 heavy (non-hydrogen) atoms. The Hall–Kier alpha value is -1.35. The molecule has 1 aromatic rings. The first-order chi connectivity index (χ1) is 6.22. The lowest BCUT2D eigenvalue weighted by molar-refractivity contribution is -0.117. The predicted molar refractivity (Wildman–Crippen MR) is 50.7 cm³/mol. The maximum absolute atomic E-state index is 11.2. The Morgan fingerprint density at radius 3 is 2.92 bits per heavy atom. The first kappa shape index (κ1) is 9.74. The maximum Gasteiger partial charge on any atom is 0.150 e. The fourth-order valence-corrected chi connectivity index (χ4v) is 1.15. The number of phenols is 1. The lowest BCUT2D eigenvalue weighted by atomic mass is 10.1. The molecule has 3 nitrogen and oxygen atoms in total. The molecule has 1 rings (SSSR count). The molecule has 0 aliphatic rings.